The van der Waals surface area contributed by atoms with E-state index in [9.17, 15) is 0 Å². The van der Waals surface area contributed by atoms with Gasteiger partial charge in [0.15, 0.2) is 0 Å². The second kappa shape index (κ2) is 7.94. The number of hydrogen-bond acceptors (Lipinski definition) is 5. The fourth-order valence-corrected chi connectivity index (χ4v) is 1.75. The summed E-state index contributed by atoms with van der Waals surface area (Å²) in [6, 6.07) is 0. The van der Waals surface area contributed by atoms with E-state index in [1.807, 2.05) is 6.92 Å². The highest BCUT2D eigenvalue weighted by molar-refractivity contribution is 5.57. The molecule has 0 amide bonds. The van der Waals surface area contributed by atoms with Crippen LogP contribution < -0.4 is 10.6 Å². The zero-order chi connectivity index (χ0) is 14.3. The van der Waals surface area contributed by atoms with Gasteiger partial charge in [-0.05, 0) is 26.7 Å². The van der Waals surface area contributed by atoms with Crippen LogP contribution in [0.25, 0.3) is 0 Å². The summed E-state index contributed by atoms with van der Waals surface area (Å²) in [6.07, 6.45) is 1.75. The van der Waals surface area contributed by atoms with Crippen molar-refractivity contribution in [3.05, 3.63) is 11.4 Å². The Labute approximate surface area is 115 Å². The van der Waals surface area contributed by atoms with Gasteiger partial charge in [0.25, 0.3) is 0 Å². The molecule has 3 N–H and O–H groups in total. The Morgan fingerprint density at radius 2 is 1.74 bits per heavy atom. The first kappa shape index (κ1) is 15.7. The van der Waals surface area contributed by atoms with E-state index >= 15 is 0 Å². The lowest BCUT2D eigenvalue weighted by Gasteiger charge is -2.15. The van der Waals surface area contributed by atoms with E-state index in [-0.39, 0.29) is 6.61 Å². The Morgan fingerprint density at radius 1 is 1.11 bits per heavy atom. The van der Waals surface area contributed by atoms with E-state index in [2.05, 4.69) is 41.4 Å². The van der Waals surface area contributed by atoms with Gasteiger partial charge in [-0.2, -0.15) is 0 Å². The summed E-state index contributed by atoms with van der Waals surface area (Å²) in [5.74, 6) is 2.96. The fraction of sp³-hybridized carbons (Fsp3) is 0.714. The summed E-state index contributed by atoms with van der Waals surface area (Å²) < 4.78 is 0. The maximum absolute atomic E-state index is 8.79. The first-order valence-corrected chi connectivity index (χ1v) is 7.07. The molecule has 1 aromatic heterocycles. The topological polar surface area (TPSA) is 70.1 Å². The van der Waals surface area contributed by atoms with E-state index in [1.165, 1.54) is 0 Å². The number of nitrogens with zero attached hydrogens (tertiary/aromatic N) is 2. The molecule has 0 saturated heterocycles. The zero-order valence-corrected chi connectivity index (χ0v) is 12.5. The van der Waals surface area contributed by atoms with E-state index < -0.39 is 0 Å². The Balaban J connectivity index is 2.87. The number of aliphatic hydroxyl groups excluding tert-OH is 1. The Kier molecular flexibility index (Phi) is 6.56. The van der Waals surface area contributed by atoms with Gasteiger partial charge in [-0.15, -0.1) is 0 Å². The molecule has 0 atom stereocenters. The molecule has 0 unspecified atom stereocenters. The number of hydrogen-bond donors (Lipinski definition) is 3. The zero-order valence-electron chi connectivity index (χ0n) is 12.5. The third kappa shape index (κ3) is 4.67. The van der Waals surface area contributed by atoms with Gasteiger partial charge in [-0.1, -0.05) is 13.8 Å². The second-order valence-corrected chi connectivity index (χ2v) is 4.95. The third-order valence-corrected chi connectivity index (χ3v) is 2.90. The lowest BCUT2D eigenvalue weighted by atomic mass is 10.2. The van der Waals surface area contributed by atoms with Crippen LogP contribution in [0.4, 0.5) is 11.6 Å². The molecule has 19 heavy (non-hydrogen) atoms. The van der Waals surface area contributed by atoms with Crippen molar-refractivity contribution in [1.29, 1.82) is 0 Å². The highest BCUT2D eigenvalue weighted by Gasteiger charge is 2.12. The van der Waals surface area contributed by atoms with Crippen LogP contribution in [0.5, 0.6) is 0 Å². The molecule has 5 heteroatoms. The van der Waals surface area contributed by atoms with Gasteiger partial charge in [0.2, 0.25) is 0 Å². The average Bonchev–Trinajstić information content (AvgIpc) is 2.38. The van der Waals surface area contributed by atoms with Crippen LogP contribution >= 0.6 is 0 Å². The normalized spacial score (nSPS) is 10.8. The lowest BCUT2D eigenvalue weighted by Crippen LogP contribution is -2.12. The summed E-state index contributed by atoms with van der Waals surface area (Å²) >= 11 is 0. The van der Waals surface area contributed by atoms with Crippen molar-refractivity contribution in [2.75, 3.05) is 30.3 Å². The Bertz CT molecular complexity index is 393. The van der Waals surface area contributed by atoms with E-state index in [1.54, 1.807) is 0 Å². The van der Waals surface area contributed by atoms with Gasteiger partial charge in [0.05, 0.1) is 0 Å². The quantitative estimate of drug-likeness (QED) is 0.631. The van der Waals surface area contributed by atoms with Crippen LogP contribution in [0.2, 0.25) is 0 Å². The van der Waals surface area contributed by atoms with Crippen molar-refractivity contribution in [2.45, 2.75) is 46.5 Å². The van der Waals surface area contributed by atoms with E-state index in [4.69, 9.17) is 5.11 Å². The first-order chi connectivity index (χ1) is 9.10. The number of rotatable bonds is 8. The maximum atomic E-state index is 8.79. The highest BCUT2D eigenvalue weighted by Crippen LogP contribution is 2.23. The van der Waals surface area contributed by atoms with Crippen molar-refractivity contribution < 1.29 is 5.11 Å². The van der Waals surface area contributed by atoms with E-state index in [0.29, 0.717) is 5.92 Å². The summed E-state index contributed by atoms with van der Waals surface area (Å²) in [6.45, 7) is 10.2. The highest BCUT2D eigenvalue weighted by atomic mass is 16.2. The van der Waals surface area contributed by atoms with Crippen molar-refractivity contribution in [3.63, 3.8) is 0 Å². The summed E-state index contributed by atoms with van der Waals surface area (Å²) in [7, 11) is 0. The van der Waals surface area contributed by atoms with E-state index in [0.717, 1.165) is 49.0 Å². The Morgan fingerprint density at radius 3 is 2.26 bits per heavy atom. The minimum Gasteiger partial charge on any atom is -0.396 e. The minimum absolute atomic E-state index is 0.240. The van der Waals surface area contributed by atoms with Crippen molar-refractivity contribution in [3.8, 4) is 0 Å². The van der Waals surface area contributed by atoms with Crippen molar-refractivity contribution in [2.24, 2.45) is 0 Å². The van der Waals surface area contributed by atoms with Crippen LogP contribution in [0.3, 0.4) is 0 Å². The number of aliphatic hydroxyl groups is 1. The lowest BCUT2D eigenvalue weighted by molar-refractivity contribution is 0.286. The molecule has 0 aromatic carbocycles. The minimum atomic E-state index is 0.240. The predicted octanol–water partition coefficient (Wildman–Crippen LogP) is 2.52. The van der Waals surface area contributed by atoms with Gasteiger partial charge < -0.3 is 15.7 Å². The average molecular weight is 266 g/mol. The molecular formula is C14H26N4O. The van der Waals surface area contributed by atoms with Crippen LogP contribution in [0.1, 0.15) is 50.9 Å². The fourth-order valence-electron chi connectivity index (χ4n) is 1.75. The van der Waals surface area contributed by atoms with Crippen LogP contribution in [-0.2, 0) is 0 Å². The molecule has 0 radical (unpaired) electrons. The number of anilines is 2. The van der Waals surface area contributed by atoms with Crippen molar-refractivity contribution in [1.82, 2.24) is 9.97 Å². The first-order valence-electron chi connectivity index (χ1n) is 7.07. The van der Waals surface area contributed by atoms with Crippen LogP contribution in [0.15, 0.2) is 0 Å². The molecule has 0 aliphatic heterocycles. The smallest absolute Gasteiger partial charge is 0.135 e. The molecule has 1 heterocycles. The van der Waals surface area contributed by atoms with Gasteiger partial charge >= 0.3 is 0 Å². The molecular weight excluding hydrogens is 240 g/mol. The van der Waals surface area contributed by atoms with Gasteiger partial charge in [0, 0.05) is 31.2 Å². The molecule has 0 aliphatic rings. The summed E-state index contributed by atoms with van der Waals surface area (Å²) in [5.41, 5.74) is 1.05. The second-order valence-electron chi connectivity index (χ2n) is 4.95. The Hall–Kier alpha value is -1.36. The molecule has 0 bridgehead atoms. The molecule has 1 aromatic rings. The number of unbranched alkanes of at least 4 members (excludes halogenated alkanes) is 1. The SMILES string of the molecule is CCNc1nc(C(C)C)nc(NCCCCO)c1C. The van der Waals surface area contributed by atoms with Gasteiger partial charge in [-0.3, -0.25) is 0 Å². The number of aromatic nitrogens is 2. The summed E-state index contributed by atoms with van der Waals surface area (Å²) in [4.78, 5) is 9.15. The molecule has 1 rings (SSSR count). The standard InChI is InChI=1S/C14H26N4O/c1-5-15-13-11(4)14(16-8-6-7-9-19)18-12(17-13)10(2)3/h10,19H,5-9H2,1-4H3,(H2,15,16,17,18). The molecule has 5 nitrogen and oxygen atoms in total. The molecule has 0 spiro atoms. The molecule has 0 fully saturated rings. The molecule has 108 valence electrons. The van der Waals surface area contributed by atoms with Crippen LogP contribution in [-0.4, -0.2) is 34.8 Å². The third-order valence-electron chi connectivity index (χ3n) is 2.90. The largest absolute Gasteiger partial charge is 0.396 e. The molecule has 0 saturated carbocycles. The van der Waals surface area contributed by atoms with Gasteiger partial charge in [-0.25, -0.2) is 9.97 Å². The van der Waals surface area contributed by atoms with Crippen LogP contribution in [0, 0.1) is 6.92 Å². The monoisotopic (exact) mass is 266 g/mol. The van der Waals surface area contributed by atoms with Crippen molar-refractivity contribution >= 4 is 11.6 Å². The molecule has 0 aliphatic carbocycles. The maximum Gasteiger partial charge on any atom is 0.135 e. The number of nitrogens with one attached hydrogen (secondary N) is 2. The summed E-state index contributed by atoms with van der Waals surface area (Å²) in [5, 5.41) is 15.4. The van der Waals surface area contributed by atoms with Gasteiger partial charge in [0.1, 0.15) is 17.5 Å². The predicted molar refractivity (Wildman–Crippen MR) is 79.8 cm³/mol.